The monoisotopic (exact) mass is 209 g/mol. The molecular weight excluding hydrogens is 190 g/mol. The van der Waals surface area contributed by atoms with Gasteiger partial charge in [-0.15, -0.1) is 0 Å². The van der Waals surface area contributed by atoms with E-state index < -0.39 is 5.54 Å². The Labute approximate surface area is 91.2 Å². The van der Waals surface area contributed by atoms with Gasteiger partial charge in [0, 0.05) is 7.11 Å². The molecule has 0 radical (unpaired) electrons. The van der Waals surface area contributed by atoms with Crippen molar-refractivity contribution in [3.05, 3.63) is 29.8 Å². The van der Waals surface area contributed by atoms with Crippen LogP contribution in [-0.2, 0) is 10.3 Å². The number of methoxy groups -OCH3 is 2. The van der Waals surface area contributed by atoms with E-state index in [2.05, 4.69) is 6.92 Å². The molecule has 0 aliphatic carbocycles. The predicted octanol–water partition coefficient (Wildman–Crippen LogP) is 1.91. The molecule has 0 amide bonds. The third kappa shape index (κ3) is 2.70. The number of hydrogen-bond donors (Lipinski definition) is 1. The van der Waals surface area contributed by atoms with Gasteiger partial charge in [-0.25, -0.2) is 0 Å². The van der Waals surface area contributed by atoms with Crippen LogP contribution in [0.15, 0.2) is 24.3 Å². The molecule has 0 spiro atoms. The summed E-state index contributed by atoms with van der Waals surface area (Å²) in [4.78, 5) is 0. The lowest BCUT2D eigenvalue weighted by molar-refractivity contribution is 0.129. The highest BCUT2D eigenvalue weighted by molar-refractivity contribution is 5.33. The zero-order valence-electron chi connectivity index (χ0n) is 9.62. The molecule has 84 valence electrons. The molecule has 1 atom stereocenters. The van der Waals surface area contributed by atoms with Crippen molar-refractivity contribution in [1.82, 2.24) is 0 Å². The SMILES string of the molecule is CCC(N)(COC)c1cccc(OC)c1. The van der Waals surface area contributed by atoms with Crippen LogP contribution >= 0.6 is 0 Å². The van der Waals surface area contributed by atoms with E-state index in [0.717, 1.165) is 17.7 Å². The van der Waals surface area contributed by atoms with Gasteiger partial charge in [-0.3, -0.25) is 0 Å². The highest BCUT2D eigenvalue weighted by Crippen LogP contribution is 2.25. The van der Waals surface area contributed by atoms with E-state index in [0.29, 0.717) is 6.61 Å². The molecule has 0 saturated carbocycles. The lowest BCUT2D eigenvalue weighted by Gasteiger charge is -2.28. The van der Waals surface area contributed by atoms with Gasteiger partial charge < -0.3 is 15.2 Å². The van der Waals surface area contributed by atoms with Gasteiger partial charge in [0.1, 0.15) is 5.75 Å². The average Bonchev–Trinajstić information content (AvgIpc) is 2.29. The van der Waals surface area contributed by atoms with E-state index in [-0.39, 0.29) is 0 Å². The van der Waals surface area contributed by atoms with Gasteiger partial charge in [0.2, 0.25) is 0 Å². The third-order valence-electron chi connectivity index (χ3n) is 2.68. The standard InChI is InChI=1S/C12H19NO2/c1-4-12(13,9-14-2)10-6-5-7-11(8-10)15-3/h5-8H,4,9,13H2,1-3H3. The normalized spacial score (nSPS) is 14.7. The Hall–Kier alpha value is -1.06. The fraction of sp³-hybridized carbons (Fsp3) is 0.500. The lowest BCUT2D eigenvalue weighted by Crippen LogP contribution is -2.40. The Bertz CT molecular complexity index is 314. The lowest BCUT2D eigenvalue weighted by atomic mass is 9.89. The minimum Gasteiger partial charge on any atom is -0.497 e. The maximum absolute atomic E-state index is 6.27. The van der Waals surface area contributed by atoms with Crippen molar-refractivity contribution in [1.29, 1.82) is 0 Å². The average molecular weight is 209 g/mol. The van der Waals surface area contributed by atoms with E-state index in [4.69, 9.17) is 15.2 Å². The Kier molecular flexibility index (Phi) is 4.12. The summed E-state index contributed by atoms with van der Waals surface area (Å²) in [5.74, 6) is 0.826. The molecule has 1 aromatic rings. The van der Waals surface area contributed by atoms with Crippen LogP contribution in [0.2, 0.25) is 0 Å². The van der Waals surface area contributed by atoms with Gasteiger partial charge in [-0.05, 0) is 24.1 Å². The minimum atomic E-state index is -0.427. The zero-order valence-corrected chi connectivity index (χ0v) is 9.62. The maximum Gasteiger partial charge on any atom is 0.119 e. The second kappa shape index (κ2) is 5.14. The fourth-order valence-corrected chi connectivity index (χ4v) is 1.58. The van der Waals surface area contributed by atoms with E-state index in [9.17, 15) is 0 Å². The van der Waals surface area contributed by atoms with Gasteiger partial charge in [0.25, 0.3) is 0 Å². The molecule has 1 aromatic carbocycles. The van der Waals surface area contributed by atoms with Crippen LogP contribution in [0.4, 0.5) is 0 Å². The molecule has 0 heterocycles. The van der Waals surface area contributed by atoms with Gasteiger partial charge >= 0.3 is 0 Å². The number of ether oxygens (including phenoxy) is 2. The molecule has 1 unspecified atom stereocenters. The summed E-state index contributed by atoms with van der Waals surface area (Å²) in [5, 5.41) is 0. The van der Waals surface area contributed by atoms with Crippen LogP contribution in [0, 0.1) is 0 Å². The number of nitrogens with two attached hydrogens (primary N) is 1. The van der Waals surface area contributed by atoms with Crippen LogP contribution in [0.5, 0.6) is 5.75 Å². The third-order valence-corrected chi connectivity index (χ3v) is 2.68. The zero-order chi connectivity index (χ0) is 11.3. The first-order chi connectivity index (χ1) is 7.16. The van der Waals surface area contributed by atoms with Crippen molar-refractivity contribution in [3.63, 3.8) is 0 Å². The smallest absolute Gasteiger partial charge is 0.119 e. The van der Waals surface area contributed by atoms with Crippen molar-refractivity contribution in [3.8, 4) is 5.75 Å². The summed E-state index contributed by atoms with van der Waals surface area (Å²) in [7, 11) is 3.32. The molecule has 0 bridgehead atoms. The van der Waals surface area contributed by atoms with E-state index in [1.54, 1.807) is 14.2 Å². The molecule has 2 N–H and O–H groups in total. The first kappa shape index (κ1) is 12.0. The first-order valence-corrected chi connectivity index (χ1v) is 5.08. The molecule has 0 aromatic heterocycles. The Morgan fingerprint density at radius 1 is 1.33 bits per heavy atom. The van der Waals surface area contributed by atoms with Crippen molar-refractivity contribution >= 4 is 0 Å². The highest BCUT2D eigenvalue weighted by Gasteiger charge is 2.25. The largest absolute Gasteiger partial charge is 0.497 e. The number of benzene rings is 1. The maximum atomic E-state index is 6.27. The second-order valence-electron chi connectivity index (χ2n) is 3.67. The molecule has 3 nitrogen and oxygen atoms in total. The summed E-state index contributed by atoms with van der Waals surface area (Å²) >= 11 is 0. The first-order valence-electron chi connectivity index (χ1n) is 5.08. The van der Waals surface area contributed by atoms with Gasteiger partial charge in [0.05, 0.1) is 19.3 Å². The molecule has 0 aliphatic heterocycles. The Morgan fingerprint density at radius 3 is 2.60 bits per heavy atom. The number of rotatable bonds is 5. The Balaban J connectivity index is 3.00. The fourth-order valence-electron chi connectivity index (χ4n) is 1.58. The van der Waals surface area contributed by atoms with E-state index >= 15 is 0 Å². The van der Waals surface area contributed by atoms with Crippen LogP contribution in [0.3, 0.4) is 0 Å². The van der Waals surface area contributed by atoms with Gasteiger partial charge in [0.15, 0.2) is 0 Å². The second-order valence-corrected chi connectivity index (χ2v) is 3.67. The number of hydrogen-bond acceptors (Lipinski definition) is 3. The molecule has 0 fully saturated rings. The Morgan fingerprint density at radius 2 is 2.07 bits per heavy atom. The molecule has 0 saturated heterocycles. The summed E-state index contributed by atoms with van der Waals surface area (Å²) in [5.41, 5.74) is 6.89. The summed E-state index contributed by atoms with van der Waals surface area (Å²) < 4.78 is 10.3. The molecule has 1 rings (SSSR count). The van der Waals surface area contributed by atoms with Crippen LogP contribution < -0.4 is 10.5 Å². The summed E-state index contributed by atoms with van der Waals surface area (Å²) in [6.45, 7) is 2.56. The van der Waals surface area contributed by atoms with Crippen molar-refractivity contribution in [2.45, 2.75) is 18.9 Å². The predicted molar refractivity (Wildman–Crippen MR) is 61.0 cm³/mol. The minimum absolute atomic E-state index is 0.427. The van der Waals surface area contributed by atoms with E-state index in [1.165, 1.54) is 0 Å². The summed E-state index contributed by atoms with van der Waals surface area (Å²) in [6, 6.07) is 7.82. The van der Waals surface area contributed by atoms with Gasteiger partial charge in [-0.1, -0.05) is 19.1 Å². The van der Waals surface area contributed by atoms with Crippen LogP contribution in [-0.4, -0.2) is 20.8 Å². The summed E-state index contributed by atoms with van der Waals surface area (Å²) in [6.07, 6.45) is 0.827. The quantitative estimate of drug-likeness (QED) is 0.805. The van der Waals surface area contributed by atoms with E-state index in [1.807, 2.05) is 24.3 Å². The molecule has 15 heavy (non-hydrogen) atoms. The molecule has 0 aliphatic rings. The molecule has 3 heteroatoms. The topological polar surface area (TPSA) is 44.5 Å². The van der Waals surface area contributed by atoms with Crippen molar-refractivity contribution in [2.24, 2.45) is 5.73 Å². The molecular formula is C12H19NO2. The van der Waals surface area contributed by atoms with Crippen LogP contribution in [0.1, 0.15) is 18.9 Å². The highest BCUT2D eigenvalue weighted by atomic mass is 16.5. The van der Waals surface area contributed by atoms with Crippen molar-refractivity contribution in [2.75, 3.05) is 20.8 Å². The van der Waals surface area contributed by atoms with Crippen molar-refractivity contribution < 1.29 is 9.47 Å². The van der Waals surface area contributed by atoms with Crippen LogP contribution in [0.25, 0.3) is 0 Å². The van der Waals surface area contributed by atoms with Gasteiger partial charge in [-0.2, -0.15) is 0 Å².